The van der Waals surface area contributed by atoms with Crippen LogP contribution in [0.3, 0.4) is 0 Å². The molecule has 0 saturated heterocycles. The van der Waals surface area contributed by atoms with Crippen LogP contribution in [0, 0.1) is 17.5 Å². The number of furan rings is 1. The third kappa shape index (κ3) is 8.88. The van der Waals surface area contributed by atoms with Gasteiger partial charge in [-0.1, -0.05) is 150 Å². The van der Waals surface area contributed by atoms with Crippen LogP contribution >= 0.6 is 0 Å². The largest absolute Gasteiger partial charge is 0.501 e. The van der Waals surface area contributed by atoms with Gasteiger partial charge in [0.1, 0.15) is 5.58 Å². The van der Waals surface area contributed by atoms with E-state index in [4.69, 9.17) is 12.1 Å². The predicted octanol–water partition coefficient (Wildman–Crippen LogP) is 14.0. The summed E-state index contributed by atoms with van der Waals surface area (Å²) in [7, 11) is -1.70. The van der Waals surface area contributed by atoms with Crippen molar-refractivity contribution in [2.45, 2.75) is 73.0 Å². The molecule has 9 aromatic rings. The van der Waals surface area contributed by atoms with Gasteiger partial charge in [-0.2, -0.15) is 0 Å². The van der Waals surface area contributed by atoms with Crippen molar-refractivity contribution in [3.05, 3.63) is 169 Å². The number of rotatable bonds is 6. The molecule has 3 aromatic heterocycles. The Hall–Kier alpha value is -5.39. The molecule has 9 rings (SSSR count). The first-order valence-electron chi connectivity index (χ1n) is 21.4. The first-order valence-corrected chi connectivity index (χ1v) is 23.9. The molecule has 305 valence electrons. The Bertz CT molecular complexity index is 3010. The van der Waals surface area contributed by atoms with E-state index in [-0.39, 0.29) is 25.5 Å². The molecule has 0 bridgehead atoms. The molecular weight excluding hydrogens is 927 g/mol. The molecule has 0 amide bonds. The van der Waals surface area contributed by atoms with Gasteiger partial charge in [0.2, 0.25) is 0 Å². The van der Waals surface area contributed by atoms with Gasteiger partial charge in [0.15, 0.2) is 0 Å². The number of para-hydroxylation sites is 3. The van der Waals surface area contributed by atoms with Gasteiger partial charge in [-0.3, -0.25) is 4.98 Å². The molecule has 0 spiro atoms. The Morgan fingerprint density at radius 1 is 0.733 bits per heavy atom. The van der Waals surface area contributed by atoms with E-state index >= 15 is 0 Å². The van der Waals surface area contributed by atoms with Crippen LogP contribution in [0.4, 0.5) is 0 Å². The van der Waals surface area contributed by atoms with Crippen LogP contribution in [0.1, 0.15) is 55.4 Å². The maximum Gasteiger partial charge on any atom is 0.120 e. The second-order valence-corrected chi connectivity index (χ2v) is 23.4. The maximum atomic E-state index is 8.75. The molecule has 6 heteroatoms. The van der Waals surface area contributed by atoms with E-state index in [0.29, 0.717) is 0 Å². The molecule has 0 N–H and O–H groups in total. The zero-order valence-corrected chi connectivity index (χ0v) is 39.3. The summed E-state index contributed by atoms with van der Waals surface area (Å²) in [6.45, 7) is 19.3. The van der Waals surface area contributed by atoms with Gasteiger partial charge in [0.05, 0.1) is 30.5 Å². The maximum absolute atomic E-state index is 8.75. The van der Waals surface area contributed by atoms with Crippen molar-refractivity contribution in [1.29, 1.82) is 0 Å². The molecule has 0 aliphatic carbocycles. The summed E-state index contributed by atoms with van der Waals surface area (Å²) in [5.74, 6) is 0.816. The number of hydrogen-bond acceptors (Lipinski definition) is 3. The van der Waals surface area contributed by atoms with Crippen molar-refractivity contribution < 1.29 is 27.3 Å². The average Bonchev–Trinajstić information content (AvgIpc) is 3.82. The van der Waals surface area contributed by atoms with Crippen LogP contribution in [0.15, 0.2) is 150 Å². The van der Waals surface area contributed by atoms with E-state index < -0.39 is 19.9 Å². The summed E-state index contributed by atoms with van der Waals surface area (Å²) in [5, 5.41) is 3.26. The molecule has 6 aromatic carbocycles. The number of aromatic nitrogens is 3. The van der Waals surface area contributed by atoms with E-state index in [2.05, 4.69) is 141 Å². The van der Waals surface area contributed by atoms with Crippen LogP contribution in [-0.2, 0) is 31.9 Å². The molecule has 0 atom stereocenters. The van der Waals surface area contributed by atoms with Gasteiger partial charge in [-0.05, 0) is 69.5 Å². The van der Waals surface area contributed by atoms with Crippen LogP contribution in [0.25, 0.3) is 72.4 Å². The number of imidazole rings is 1. The first-order chi connectivity index (χ1) is 28.9. The summed E-state index contributed by atoms with van der Waals surface area (Å²) in [6, 6.07) is 54.3. The molecule has 0 unspecified atom stereocenters. The van der Waals surface area contributed by atoms with Crippen molar-refractivity contribution >= 4 is 46.2 Å². The minimum atomic E-state index is -1.70. The van der Waals surface area contributed by atoms with E-state index in [1.54, 1.807) is 0 Å². The third-order valence-corrected chi connectivity index (χ3v) is 12.5. The van der Waals surface area contributed by atoms with E-state index in [1.165, 1.54) is 16.7 Å². The molecule has 3 heterocycles. The standard InChI is InChI=1S/C35H27N2O.C19H26NSi.Ir/c1-35(2,3)24-20-21-30(28(22-24)23-12-5-4-6-13-23)37-31-18-9-8-17-29(31)36-34(37)27-16-11-15-26-25-14-7-10-19-32(25)38-33(26)27;1-19(2,3)13-16-12-17(15-10-8-7-9-11-15)20-14-18(16)21(4,5)6;/h4-15,17-22H,1-3H3;7-10,12,14H,13H2,1-6H3;/q2*-1;/i;13D2;. The predicted molar refractivity (Wildman–Crippen MR) is 251 cm³/mol. The number of hydrogen-bond donors (Lipinski definition) is 0. The fraction of sp³-hybridized carbons (Fsp3) is 0.222. The van der Waals surface area contributed by atoms with E-state index in [1.807, 2.05) is 87.6 Å². The van der Waals surface area contributed by atoms with Gasteiger partial charge in [-0.15, -0.1) is 54.1 Å². The normalized spacial score (nSPS) is 12.8. The minimum absolute atomic E-state index is 0. The van der Waals surface area contributed by atoms with E-state index in [0.717, 1.165) is 72.1 Å². The summed E-state index contributed by atoms with van der Waals surface area (Å²) in [4.78, 5) is 9.77. The van der Waals surface area contributed by atoms with Gasteiger partial charge in [-0.25, -0.2) is 0 Å². The van der Waals surface area contributed by atoms with Crippen LogP contribution in [0.2, 0.25) is 19.6 Å². The molecule has 1 radical (unpaired) electrons. The molecular formula is C54H53IrN3OSi-2. The molecule has 60 heavy (non-hydrogen) atoms. The van der Waals surface area contributed by atoms with Crippen molar-refractivity contribution in [2.75, 3.05) is 0 Å². The van der Waals surface area contributed by atoms with Gasteiger partial charge < -0.3 is 14.0 Å². The SMILES string of the molecule is CC(C)(C)c1ccc(-n2c(-c3[c-]ccc4c3oc3ccccc34)nc3ccccc32)c(-c2ccccc2)c1.[2H]C([2H])(c1cc(-c2[c-]cccc2)ncc1[Si](C)(C)C)C(C)(C)C.[Ir]. The first kappa shape index (κ1) is 40.0. The van der Waals surface area contributed by atoms with Crippen molar-refractivity contribution in [3.8, 4) is 39.5 Å². The molecule has 0 aliphatic heterocycles. The molecule has 0 saturated carbocycles. The molecule has 0 fully saturated rings. The Labute approximate surface area is 372 Å². The summed E-state index contributed by atoms with van der Waals surface area (Å²) in [5.41, 5.74) is 11.2. The summed E-state index contributed by atoms with van der Waals surface area (Å²) >= 11 is 0. The molecule has 4 nitrogen and oxygen atoms in total. The number of pyridine rings is 1. The Balaban J connectivity index is 0.000000208. The van der Waals surface area contributed by atoms with Gasteiger partial charge in [0, 0.05) is 45.7 Å². The van der Waals surface area contributed by atoms with Crippen molar-refractivity contribution in [3.63, 3.8) is 0 Å². The minimum Gasteiger partial charge on any atom is -0.501 e. The number of fused-ring (bicyclic) bond motifs is 4. The van der Waals surface area contributed by atoms with Gasteiger partial charge in [0.25, 0.3) is 0 Å². The number of benzene rings is 6. The molecule has 0 aliphatic rings. The average molecular weight is 982 g/mol. The topological polar surface area (TPSA) is 43.9 Å². The van der Waals surface area contributed by atoms with Crippen LogP contribution < -0.4 is 5.19 Å². The number of nitrogens with zero attached hydrogens (tertiary/aromatic N) is 3. The second-order valence-electron chi connectivity index (χ2n) is 18.3. The zero-order valence-electron chi connectivity index (χ0n) is 37.9. The monoisotopic (exact) mass is 982 g/mol. The van der Waals surface area contributed by atoms with Crippen molar-refractivity contribution in [1.82, 2.24) is 14.5 Å². The zero-order chi connectivity index (χ0) is 43.3. The summed E-state index contributed by atoms with van der Waals surface area (Å²) in [6.07, 6.45) is 0.469. The van der Waals surface area contributed by atoms with Crippen molar-refractivity contribution in [2.24, 2.45) is 5.41 Å². The summed E-state index contributed by atoms with van der Waals surface area (Å²) < 4.78 is 26.2. The third-order valence-electron chi connectivity index (χ3n) is 10.5. The Morgan fingerprint density at radius 2 is 1.45 bits per heavy atom. The van der Waals surface area contributed by atoms with Crippen LogP contribution in [0.5, 0.6) is 0 Å². The second kappa shape index (κ2) is 16.9. The fourth-order valence-electron chi connectivity index (χ4n) is 7.60. The quantitative estimate of drug-likeness (QED) is 0.123. The van der Waals surface area contributed by atoms with E-state index in [9.17, 15) is 0 Å². The Kier molecular flexibility index (Phi) is 11.3. The Morgan fingerprint density at radius 3 is 2.17 bits per heavy atom. The smallest absolute Gasteiger partial charge is 0.120 e. The van der Waals surface area contributed by atoms with Gasteiger partial charge >= 0.3 is 0 Å². The van der Waals surface area contributed by atoms with Crippen LogP contribution in [-0.4, -0.2) is 22.6 Å². The fourth-order valence-corrected chi connectivity index (χ4v) is 9.00.